The number of phenols is 2. The molecule has 2 aromatic rings. The van der Waals surface area contributed by atoms with E-state index in [0.29, 0.717) is 5.56 Å². The molecule has 0 bridgehead atoms. The number of nitrogens with zero attached hydrogens (tertiary/aromatic N) is 1. The molecule has 0 unspecified atom stereocenters. The Morgan fingerprint density at radius 2 is 1.84 bits per heavy atom. The van der Waals surface area contributed by atoms with Gasteiger partial charge in [-0.15, -0.1) is 0 Å². The summed E-state index contributed by atoms with van der Waals surface area (Å²) in [5.41, 5.74) is 0.176. The van der Waals surface area contributed by atoms with E-state index < -0.39 is 5.56 Å². The van der Waals surface area contributed by atoms with Crippen LogP contribution in [0.5, 0.6) is 17.4 Å². The molecule has 0 spiro atoms. The van der Waals surface area contributed by atoms with Gasteiger partial charge in [-0.25, -0.2) is 0 Å². The fraction of sp³-hybridized carbons (Fsp3) is 0.231. The van der Waals surface area contributed by atoms with Crippen LogP contribution in [0.3, 0.4) is 0 Å². The smallest absolute Gasteiger partial charge is 0.258 e. The van der Waals surface area contributed by atoms with Crippen molar-refractivity contribution in [3.8, 4) is 28.8 Å². The van der Waals surface area contributed by atoms with E-state index in [-0.39, 0.29) is 34.7 Å². The van der Waals surface area contributed by atoms with E-state index in [2.05, 4.69) is 9.97 Å². The first kappa shape index (κ1) is 12.9. The van der Waals surface area contributed by atoms with Gasteiger partial charge in [0.05, 0.1) is 5.56 Å². The van der Waals surface area contributed by atoms with Crippen molar-refractivity contribution in [2.45, 2.75) is 19.8 Å². The van der Waals surface area contributed by atoms with Crippen LogP contribution < -0.4 is 5.56 Å². The number of rotatable bonds is 2. The van der Waals surface area contributed by atoms with Gasteiger partial charge >= 0.3 is 0 Å². The van der Waals surface area contributed by atoms with Crippen LogP contribution in [0.15, 0.2) is 23.0 Å². The van der Waals surface area contributed by atoms with E-state index in [4.69, 9.17) is 0 Å². The molecule has 0 radical (unpaired) electrons. The molecular formula is C13H14N2O4. The lowest BCUT2D eigenvalue weighted by atomic mass is 10.1. The van der Waals surface area contributed by atoms with E-state index in [1.807, 2.05) is 0 Å². The van der Waals surface area contributed by atoms with E-state index >= 15 is 0 Å². The van der Waals surface area contributed by atoms with Gasteiger partial charge in [-0.1, -0.05) is 13.8 Å². The number of hydrogen-bond acceptors (Lipinski definition) is 5. The van der Waals surface area contributed by atoms with Gasteiger partial charge in [0, 0.05) is 5.56 Å². The quantitative estimate of drug-likeness (QED) is 0.616. The molecule has 6 nitrogen and oxygen atoms in total. The summed E-state index contributed by atoms with van der Waals surface area (Å²) in [5, 5.41) is 28.4. The molecular weight excluding hydrogens is 248 g/mol. The molecule has 0 saturated heterocycles. The van der Waals surface area contributed by atoms with Gasteiger partial charge in [-0.05, 0) is 24.1 Å². The van der Waals surface area contributed by atoms with Gasteiger partial charge in [-0.2, -0.15) is 4.98 Å². The highest BCUT2D eigenvalue weighted by molar-refractivity contribution is 5.61. The lowest BCUT2D eigenvalue weighted by Crippen LogP contribution is -2.16. The van der Waals surface area contributed by atoms with E-state index in [1.54, 1.807) is 13.8 Å². The fourth-order valence-corrected chi connectivity index (χ4v) is 1.80. The molecule has 0 aliphatic rings. The standard InChI is InChI=1S/C13H14N2O4/c1-6(2)10-12(18)14-11(15-13(10)19)7-3-4-8(16)9(17)5-7/h3-6,16-17H,1-2H3,(H2,14,15,18,19). The summed E-state index contributed by atoms with van der Waals surface area (Å²) in [6.07, 6.45) is 0. The minimum atomic E-state index is -0.426. The predicted octanol–water partition coefficient (Wildman–Crippen LogP) is 1.68. The predicted molar refractivity (Wildman–Crippen MR) is 69.4 cm³/mol. The SMILES string of the molecule is CC(C)c1c(O)nc(-c2ccc(O)c(O)c2)[nH]c1=O. The van der Waals surface area contributed by atoms with Crippen LogP contribution in [0.25, 0.3) is 11.4 Å². The molecule has 0 atom stereocenters. The lowest BCUT2D eigenvalue weighted by Gasteiger charge is -2.08. The molecule has 1 aromatic heterocycles. The Morgan fingerprint density at radius 1 is 1.16 bits per heavy atom. The molecule has 0 amide bonds. The van der Waals surface area contributed by atoms with Gasteiger partial charge in [0.15, 0.2) is 11.5 Å². The monoisotopic (exact) mass is 262 g/mol. The Bertz CT molecular complexity index is 677. The maximum absolute atomic E-state index is 11.9. The Morgan fingerprint density at radius 3 is 2.37 bits per heavy atom. The minimum Gasteiger partial charge on any atom is -0.504 e. The topological polar surface area (TPSA) is 106 Å². The van der Waals surface area contributed by atoms with Crippen LogP contribution in [-0.4, -0.2) is 25.3 Å². The zero-order chi connectivity index (χ0) is 14.2. The van der Waals surface area contributed by atoms with E-state index in [0.717, 1.165) is 0 Å². The van der Waals surface area contributed by atoms with E-state index in [1.165, 1.54) is 18.2 Å². The first-order valence-corrected chi connectivity index (χ1v) is 5.75. The van der Waals surface area contributed by atoms with Crippen molar-refractivity contribution in [2.75, 3.05) is 0 Å². The van der Waals surface area contributed by atoms with Crippen molar-refractivity contribution in [3.63, 3.8) is 0 Å². The average molecular weight is 262 g/mol. The second-order valence-corrected chi connectivity index (χ2v) is 4.51. The Hall–Kier alpha value is -2.50. The average Bonchev–Trinajstić information content (AvgIpc) is 2.31. The minimum absolute atomic E-state index is 0.127. The summed E-state index contributed by atoms with van der Waals surface area (Å²) in [6, 6.07) is 4.00. The van der Waals surface area contributed by atoms with Crippen LogP contribution in [-0.2, 0) is 0 Å². The zero-order valence-corrected chi connectivity index (χ0v) is 10.5. The van der Waals surface area contributed by atoms with Crippen LogP contribution in [0, 0.1) is 0 Å². The summed E-state index contributed by atoms with van der Waals surface area (Å²) in [5.74, 6) is -0.955. The summed E-state index contributed by atoms with van der Waals surface area (Å²) >= 11 is 0. The molecule has 2 rings (SSSR count). The van der Waals surface area contributed by atoms with Gasteiger partial charge in [0.2, 0.25) is 5.88 Å². The van der Waals surface area contributed by atoms with Crippen molar-refractivity contribution < 1.29 is 15.3 Å². The number of aromatic amines is 1. The molecule has 0 saturated carbocycles. The maximum atomic E-state index is 11.9. The summed E-state index contributed by atoms with van der Waals surface area (Å²) < 4.78 is 0. The summed E-state index contributed by atoms with van der Waals surface area (Å²) in [4.78, 5) is 18.3. The zero-order valence-electron chi connectivity index (χ0n) is 10.5. The van der Waals surface area contributed by atoms with Crippen molar-refractivity contribution in [2.24, 2.45) is 0 Å². The highest BCUT2D eigenvalue weighted by Crippen LogP contribution is 2.29. The van der Waals surface area contributed by atoms with Crippen LogP contribution in [0.4, 0.5) is 0 Å². The molecule has 0 aliphatic carbocycles. The lowest BCUT2D eigenvalue weighted by molar-refractivity contribution is 0.404. The van der Waals surface area contributed by atoms with Gasteiger partial charge < -0.3 is 20.3 Å². The molecule has 6 heteroatoms. The number of benzene rings is 1. The largest absolute Gasteiger partial charge is 0.504 e. The first-order chi connectivity index (χ1) is 8.90. The molecule has 0 aliphatic heterocycles. The molecule has 19 heavy (non-hydrogen) atoms. The maximum Gasteiger partial charge on any atom is 0.258 e. The van der Waals surface area contributed by atoms with Crippen molar-refractivity contribution in [1.82, 2.24) is 9.97 Å². The molecule has 4 N–H and O–H groups in total. The summed E-state index contributed by atoms with van der Waals surface area (Å²) in [6.45, 7) is 3.55. The number of nitrogens with one attached hydrogen (secondary N) is 1. The Balaban J connectivity index is 2.58. The Labute approximate surface area is 109 Å². The van der Waals surface area contributed by atoms with Crippen LogP contribution in [0.2, 0.25) is 0 Å². The van der Waals surface area contributed by atoms with Crippen molar-refractivity contribution >= 4 is 0 Å². The van der Waals surface area contributed by atoms with E-state index in [9.17, 15) is 20.1 Å². The van der Waals surface area contributed by atoms with Gasteiger partial charge in [0.25, 0.3) is 5.56 Å². The number of phenolic OH excluding ortho intramolecular Hbond substituents is 2. The molecule has 100 valence electrons. The molecule has 0 fully saturated rings. The first-order valence-electron chi connectivity index (χ1n) is 5.75. The van der Waals surface area contributed by atoms with Crippen LogP contribution >= 0.6 is 0 Å². The van der Waals surface area contributed by atoms with Crippen molar-refractivity contribution in [1.29, 1.82) is 0 Å². The second kappa shape index (κ2) is 4.64. The number of H-pyrrole nitrogens is 1. The normalized spacial score (nSPS) is 10.9. The van der Waals surface area contributed by atoms with Crippen LogP contribution in [0.1, 0.15) is 25.3 Å². The molecule has 1 aromatic carbocycles. The third-order valence-corrected chi connectivity index (χ3v) is 2.76. The van der Waals surface area contributed by atoms with Gasteiger partial charge in [-0.3, -0.25) is 4.79 Å². The fourth-order valence-electron chi connectivity index (χ4n) is 1.80. The highest BCUT2D eigenvalue weighted by atomic mass is 16.3. The van der Waals surface area contributed by atoms with Crippen molar-refractivity contribution in [3.05, 3.63) is 34.1 Å². The number of aromatic hydroxyl groups is 3. The van der Waals surface area contributed by atoms with Gasteiger partial charge in [0.1, 0.15) is 5.82 Å². The Kier molecular flexibility index (Phi) is 3.16. The second-order valence-electron chi connectivity index (χ2n) is 4.51. The summed E-state index contributed by atoms with van der Waals surface area (Å²) in [7, 11) is 0. The third kappa shape index (κ3) is 2.37. The highest BCUT2D eigenvalue weighted by Gasteiger charge is 2.15. The number of aromatic nitrogens is 2. The molecule has 1 heterocycles. The number of hydrogen-bond donors (Lipinski definition) is 4. The third-order valence-electron chi connectivity index (χ3n) is 2.76.